The van der Waals surface area contributed by atoms with Crippen LogP contribution in [0.25, 0.3) is 0 Å². The molecule has 0 saturated heterocycles. The van der Waals surface area contributed by atoms with Crippen molar-refractivity contribution >= 4 is 0 Å². The van der Waals surface area contributed by atoms with Crippen molar-refractivity contribution < 1.29 is 9.84 Å². The molecule has 0 amide bonds. The molecule has 18 heavy (non-hydrogen) atoms. The van der Waals surface area contributed by atoms with Gasteiger partial charge in [-0.25, -0.2) is 0 Å². The lowest BCUT2D eigenvalue weighted by atomic mass is 10.0. The van der Waals surface area contributed by atoms with Gasteiger partial charge in [-0.3, -0.25) is 0 Å². The topological polar surface area (TPSA) is 41.5 Å². The number of aliphatic hydroxyl groups excluding tert-OH is 1. The molecular weight excluding hydrogens is 226 g/mol. The summed E-state index contributed by atoms with van der Waals surface area (Å²) in [6, 6.07) is 0.479. The highest BCUT2D eigenvalue weighted by atomic mass is 16.5. The van der Waals surface area contributed by atoms with E-state index in [0.29, 0.717) is 31.0 Å². The van der Waals surface area contributed by atoms with Crippen LogP contribution in [-0.4, -0.2) is 36.5 Å². The van der Waals surface area contributed by atoms with Gasteiger partial charge in [-0.15, -0.1) is 0 Å². The quantitative estimate of drug-likeness (QED) is 0.634. The first kappa shape index (κ1) is 17.9. The van der Waals surface area contributed by atoms with E-state index in [9.17, 15) is 5.11 Å². The Kier molecular flexibility index (Phi) is 9.70. The molecule has 3 nitrogen and oxygen atoms in total. The summed E-state index contributed by atoms with van der Waals surface area (Å²) in [6.07, 6.45) is 1.96. The molecule has 0 spiro atoms. The Morgan fingerprint density at radius 3 is 2.17 bits per heavy atom. The van der Waals surface area contributed by atoms with Crippen molar-refractivity contribution in [3.05, 3.63) is 0 Å². The second-order valence-corrected chi connectivity index (χ2v) is 6.09. The van der Waals surface area contributed by atoms with Crippen molar-refractivity contribution in [1.29, 1.82) is 0 Å². The summed E-state index contributed by atoms with van der Waals surface area (Å²) >= 11 is 0. The average Bonchev–Trinajstić information content (AvgIpc) is 2.25. The first-order chi connectivity index (χ1) is 8.36. The van der Waals surface area contributed by atoms with Crippen molar-refractivity contribution in [2.45, 2.75) is 72.6 Å². The fourth-order valence-corrected chi connectivity index (χ4v) is 2.21. The molecule has 0 aliphatic rings. The molecule has 0 aliphatic carbocycles. The smallest absolute Gasteiger partial charge is 0.0897 e. The van der Waals surface area contributed by atoms with E-state index in [1.807, 2.05) is 0 Å². The predicted molar refractivity (Wildman–Crippen MR) is 77.8 cm³/mol. The van der Waals surface area contributed by atoms with Gasteiger partial charge in [0.15, 0.2) is 0 Å². The summed E-state index contributed by atoms with van der Waals surface area (Å²) in [7, 11) is 0. The van der Waals surface area contributed by atoms with Crippen LogP contribution in [0.5, 0.6) is 0 Å². The lowest BCUT2D eigenvalue weighted by molar-refractivity contribution is -0.00972. The molecule has 0 saturated carbocycles. The van der Waals surface area contributed by atoms with Crippen LogP contribution in [0.4, 0.5) is 0 Å². The number of rotatable bonds is 10. The van der Waals surface area contributed by atoms with Gasteiger partial charge in [-0.2, -0.15) is 0 Å². The molecular formula is C15H33NO2. The molecule has 110 valence electrons. The van der Waals surface area contributed by atoms with Crippen LogP contribution in [0.1, 0.15) is 54.4 Å². The SMILES string of the molecule is CCC(NCC(O)COC(C)CC(C)C)C(C)C. The van der Waals surface area contributed by atoms with E-state index in [1.54, 1.807) is 0 Å². The molecule has 0 aliphatic heterocycles. The third-order valence-corrected chi connectivity index (χ3v) is 3.24. The predicted octanol–water partition coefficient (Wildman–Crippen LogP) is 2.82. The van der Waals surface area contributed by atoms with Crippen molar-refractivity contribution in [2.24, 2.45) is 11.8 Å². The summed E-state index contributed by atoms with van der Waals surface area (Å²) in [5, 5.41) is 13.3. The molecule has 2 N–H and O–H groups in total. The zero-order valence-electron chi connectivity index (χ0n) is 13.1. The highest BCUT2D eigenvalue weighted by molar-refractivity contribution is 4.71. The normalized spacial score (nSPS) is 17.2. The molecule has 0 rings (SSSR count). The average molecular weight is 259 g/mol. The van der Waals surface area contributed by atoms with Gasteiger partial charge in [0.25, 0.3) is 0 Å². The van der Waals surface area contributed by atoms with Crippen molar-refractivity contribution in [1.82, 2.24) is 5.32 Å². The van der Waals surface area contributed by atoms with Crippen LogP contribution in [0, 0.1) is 11.8 Å². The van der Waals surface area contributed by atoms with Crippen LogP contribution in [0.3, 0.4) is 0 Å². The zero-order chi connectivity index (χ0) is 14.1. The number of ether oxygens (including phenoxy) is 1. The van der Waals surface area contributed by atoms with Crippen LogP contribution in [0.15, 0.2) is 0 Å². The van der Waals surface area contributed by atoms with E-state index >= 15 is 0 Å². The molecule has 3 unspecified atom stereocenters. The monoisotopic (exact) mass is 259 g/mol. The second kappa shape index (κ2) is 9.76. The Balaban J connectivity index is 3.73. The van der Waals surface area contributed by atoms with Gasteiger partial charge < -0.3 is 15.2 Å². The molecule has 0 fully saturated rings. The standard InChI is InChI=1S/C15H33NO2/c1-7-15(12(4)5)16-9-14(17)10-18-13(6)8-11(2)3/h11-17H,7-10H2,1-6H3. The highest BCUT2D eigenvalue weighted by Gasteiger charge is 2.14. The Labute approximate surface area is 113 Å². The molecule has 0 aromatic carbocycles. The Morgan fingerprint density at radius 2 is 1.72 bits per heavy atom. The third-order valence-electron chi connectivity index (χ3n) is 3.24. The zero-order valence-corrected chi connectivity index (χ0v) is 13.1. The summed E-state index contributed by atoms with van der Waals surface area (Å²) in [6.45, 7) is 14.1. The molecule has 0 aromatic heterocycles. The van der Waals surface area contributed by atoms with Crippen LogP contribution in [0.2, 0.25) is 0 Å². The van der Waals surface area contributed by atoms with E-state index in [2.05, 4.69) is 46.9 Å². The van der Waals surface area contributed by atoms with E-state index < -0.39 is 6.10 Å². The lowest BCUT2D eigenvalue weighted by Gasteiger charge is -2.23. The van der Waals surface area contributed by atoms with Gasteiger partial charge in [-0.1, -0.05) is 34.6 Å². The minimum atomic E-state index is -0.410. The summed E-state index contributed by atoms with van der Waals surface area (Å²) in [4.78, 5) is 0. The molecule has 0 heterocycles. The Morgan fingerprint density at radius 1 is 1.11 bits per heavy atom. The maximum atomic E-state index is 9.87. The fraction of sp³-hybridized carbons (Fsp3) is 1.00. The van der Waals surface area contributed by atoms with Gasteiger partial charge in [0.05, 0.1) is 18.8 Å². The minimum absolute atomic E-state index is 0.228. The molecule has 0 bridgehead atoms. The van der Waals surface area contributed by atoms with Crippen molar-refractivity contribution in [2.75, 3.05) is 13.2 Å². The number of hydrogen-bond acceptors (Lipinski definition) is 3. The van der Waals surface area contributed by atoms with E-state index in [4.69, 9.17) is 4.74 Å². The molecule has 0 aromatic rings. The third kappa shape index (κ3) is 8.90. The van der Waals surface area contributed by atoms with Crippen LogP contribution >= 0.6 is 0 Å². The van der Waals surface area contributed by atoms with Gasteiger partial charge in [0.2, 0.25) is 0 Å². The molecule has 3 atom stereocenters. The largest absolute Gasteiger partial charge is 0.389 e. The van der Waals surface area contributed by atoms with Crippen LogP contribution in [-0.2, 0) is 4.74 Å². The maximum absolute atomic E-state index is 9.87. The van der Waals surface area contributed by atoms with Crippen molar-refractivity contribution in [3.63, 3.8) is 0 Å². The van der Waals surface area contributed by atoms with Crippen LogP contribution < -0.4 is 5.32 Å². The first-order valence-corrected chi connectivity index (χ1v) is 7.39. The number of aliphatic hydroxyl groups is 1. The molecule has 0 radical (unpaired) electrons. The van der Waals surface area contributed by atoms with Crippen molar-refractivity contribution in [3.8, 4) is 0 Å². The summed E-state index contributed by atoms with van der Waals surface area (Å²) in [5.41, 5.74) is 0. The molecule has 3 heteroatoms. The van der Waals surface area contributed by atoms with Gasteiger partial charge in [0.1, 0.15) is 0 Å². The Hall–Kier alpha value is -0.120. The van der Waals surface area contributed by atoms with Gasteiger partial charge in [0, 0.05) is 12.6 Å². The lowest BCUT2D eigenvalue weighted by Crippen LogP contribution is -2.40. The van der Waals surface area contributed by atoms with Gasteiger partial charge >= 0.3 is 0 Å². The van der Waals surface area contributed by atoms with Gasteiger partial charge in [-0.05, 0) is 31.6 Å². The number of nitrogens with one attached hydrogen (secondary N) is 1. The summed E-state index contributed by atoms with van der Waals surface area (Å²) in [5.74, 6) is 1.24. The minimum Gasteiger partial charge on any atom is -0.389 e. The Bertz CT molecular complexity index is 195. The number of hydrogen-bond donors (Lipinski definition) is 2. The first-order valence-electron chi connectivity index (χ1n) is 7.39. The second-order valence-electron chi connectivity index (χ2n) is 6.09. The van der Waals surface area contributed by atoms with E-state index in [0.717, 1.165) is 12.8 Å². The fourth-order valence-electron chi connectivity index (χ4n) is 2.21. The highest BCUT2D eigenvalue weighted by Crippen LogP contribution is 2.08. The maximum Gasteiger partial charge on any atom is 0.0897 e. The van der Waals surface area contributed by atoms with E-state index in [1.165, 1.54) is 0 Å². The summed E-state index contributed by atoms with van der Waals surface area (Å²) < 4.78 is 5.65. The van der Waals surface area contributed by atoms with E-state index in [-0.39, 0.29) is 6.10 Å².